The van der Waals surface area contributed by atoms with E-state index in [2.05, 4.69) is 0 Å². The van der Waals surface area contributed by atoms with Crippen LogP contribution in [0.3, 0.4) is 0 Å². The van der Waals surface area contributed by atoms with Gasteiger partial charge < -0.3 is 9.53 Å². The first kappa shape index (κ1) is 13.2. The lowest BCUT2D eigenvalue weighted by atomic mass is 9.79. The summed E-state index contributed by atoms with van der Waals surface area (Å²) in [6.45, 7) is 0.440. The van der Waals surface area contributed by atoms with Crippen molar-refractivity contribution >= 4 is 6.29 Å². The van der Waals surface area contributed by atoms with Crippen LogP contribution in [0.1, 0.15) is 42.7 Å². The average Bonchev–Trinajstić information content (AvgIpc) is 2.40. The van der Waals surface area contributed by atoms with E-state index in [0.717, 1.165) is 43.1 Å². The maximum absolute atomic E-state index is 14.0. The minimum Gasteiger partial charge on any atom is -0.380 e. The smallest absolute Gasteiger partial charge is 0.127 e. The van der Waals surface area contributed by atoms with Gasteiger partial charge in [0, 0.05) is 13.0 Å². The van der Waals surface area contributed by atoms with E-state index in [0.29, 0.717) is 6.61 Å². The fourth-order valence-corrected chi connectivity index (χ4v) is 2.72. The molecule has 2 nitrogen and oxygen atoms in total. The standard InChI is InChI=1S/C15H19FO2/c1-18-10-12-4-7-14(15(16)8-12)13-5-2-11(9-17)3-6-13/h4,7-9,11,13H,2-3,5-6,10H2,1H3. The number of hydrogen-bond donors (Lipinski definition) is 0. The highest BCUT2D eigenvalue weighted by Crippen LogP contribution is 2.36. The third-order valence-electron chi connectivity index (χ3n) is 3.78. The molecular formula is C15H19FO2. The lowest BCUT2D eigenvalue weighted by Gasteiger charge is -2.26. The largest absolute Gasteiger partial charge is 0.380 e. The van der Waals surface area contributed by atoms with Gasteiger partial charge in [-0.05, 0) is 48.8 Å². The number of hydrogen-bond acceptors (Lipinski definition) is 2. The molecule has 0 spiro atoms. The third-order valence-corrected chi connectivity index (χ3v) is 3.78. The first-order valence-corrected chi connectivity index (χ1v) is 6.47. The second kappa shape index (κ2) is 6.10. The quantitative estimate of drug-likeness (QED) is 0.765. The van der Waals surface area contributed by atoms with Crippen molar-refractivity contribution in [1.82, 2.24) is 0 Å². The molecular weight excluding hydrogens is 231 g/mol. The first-order valence-electron chi connectivity index (χ1n) is 6.47. The summed E-state index contributed by atoms with van der Waals surface area (Å²) in [4.78, 5) is 10.7. The van der Waals surface area contributed by atoms with E-state index in [1.54, 1.807) is 13.2 Å². The maximum Gasteiger partial charge on any atom is 0.127 e. The molecule has 3 heteroatoms. The van der Waals surface area contributed by atoms with E-state index in [1.165, 1.54) is 0 Å². The Kier molecular flexibility index (Phi) is 4.48. The van der Waals surface area contributed by atoms with Gasteiger partial charge in [0.15, 0.2) is 0 Å². The summed E-state index contributed by atoms with van der Waals surface area (Å²) in [6, 6.07) is 5.36. The zero-order chi connectivity index (χ0) is 13.0. The van der Waals surface area contributed by atoms with E-state index in [9.17, 15) is 9.18 Å². The normalized spacial score (nSPS) is 23.9. The molecule has 0 saturated heterocycles. The number of carbonyl (C=O) groups excluding carboxylic acids is 1. The number of carbonyl (C=O) groups is 1. The van der Waals surface area contributed by atoms with Gasteiger partial charge in [-0.2, -0.15) is 0 Å². The predicted octanol–water partition coefficient (Wildman–Crippen LogP) is 3.44. The van der Waals surface area contributed by atoms with E-state index in [4.69, 9.17) is 4.74 Å². The Morgan fingerprint density at radius 2 is 2.06 bits per heavy atom. The third kappa shape index (κ3) is 2.96. The number of halogens is 1. The van der Waals surface area contributed by atoms with Crippen LogP contribution in [0.15, 0.2) is 18.2 Å². The van der Waals surface area contributed by atoms with Crippen LogP contribution in [0.2, 0.25) is 0 Å². The lowest BCUT2D eigenvalue weighted by Crippen LogP contribution is -2.15. The van der Waals surface area contributed by atoms with Crippen molar-refractivity contribution in [2.75, 3.05) is 7.11 Å². The molecule has 0 amide bonds. The van der Waals surface area contributed by atoms with Gasteiger partial charge in [0.05, 0.1) is 6.61 Å². The van der Waals surface area contributed by atoms with E-state index >= 15 is 0 Å². The van der Waals surface area contributed by atoms with Crippen molar-refractivity contribution in [3.05, 3.63) is 35.1 Å². The number of ether oxygens (including phenoxy) is 1. The molecule has 1 aliphatic carbocycles. The Hall–Kier alpha value is -1.22. The molecule has 0 aliphatic heterocycles. The van der Waals surface area contributed by atoms with Gasteiger partial charge >= 0.3 is 0 Å². The molecule has 0 bridgehead atoms. The van der Waals surface area contributed by atoms with Gasteiger partial charge in [-0.15, -0.1) is 0 Å². The topological polar surface area (TPSA) is 26.3 Å². The van der Waals surface area contributed by atoms with E-state index in [1.807, 2.05) is 12.1 Å². The van der Waals surface area contributed by atoms with Gasteiger partial charge in [-0.1, -0.05) is 12.1 Å². The first-order chi connectivity index (χ1) is 8.74. The second-order valence-corrected chi connectivity index (χ2v) is 5.04. The Bertz CT molecular complexity index is 409. The molecule has 2 rings (SSSR count). The fraction of sp³-hybridized carbons (Fsp3) is 0.533. The van der Waals surface area contributed by atoms with Crippen LogP contribution in [-0.2, 0) is 16.1 Å². The molecule has 1 fully saturated rings. The Morgan fingerprint density at radius 1 is 1.33 bits per heavy atom. The lowest BCUT2D eigenvalue weighted by molar-refractivity contribution is -0.111. The van der Waals surface area contributed by atoms with Crippen LogP contribution in [0, 0.1) is 11.7 Å². The van der Waals surface area contributed by atoms with Crippen molar-refractivity contribution < 1.29 is 13.9 Å². The number of methoxy groups -OCH3 is 1. The summed E-state index contributed by atoms with van der Waals surface area (Å²) in [5, 5.41) is 0. The summed E-state index contributed by atoms with van der Waals surface area (Å²) in [5.74, 6) is 0.300. The zero-order valence-corrected chi connectivity index (χ0v) is 10.7. The number of benzene rings is 1. The van der Waals surface area contributed by atoms with Crippen molar-refractivity contribution in [1.29, 1.82) is 0 Å². The van der Waals surface area contributed by atoms with Gasteiger partial charge in [0.25, 0.3) is 0 Å². The van der Waals surface area contributed by atoms with Crippen LogP contribution in [0.25, 0.3) is 0 Å². The summed E-state index contributed by atoms with van der Waals surface area (Å²) >= 11 is 0. The SMILES string of the molecule is COCc1ccc(C2CCC(C=O)CC2)c(F)c1. The van der Waals surface area contributed by atoms with Crippen molar-refractivity contribution in [2.45, 2.75) is 38.2 Å². The Balaban J connectivity index is 2.07. The molecule has 0 N–H and O–H groups in total. The monoisotopic (exact) mass is 250 g/mol. The van der Waals surface area contributed by atoms with Crippen LogP contribution in [0.5, 0.6) is 0 Å². The summed E-state index contributed by atoms with van der Waals surface area (Å²) in [6.07, 6.45) is 4.61. The fourth-order valence-electron chi connectivity index (χ4n) is 2.72. The molecule has 0 unspecified atom stereocenters. The number of aldehydes is 1. The molecule has 1 aromatic carbocycles. The summed E-state index contributed by atoms with van der Waals surface area (Å²) in [7, 11) is 1.60. The molecule has 98 valence electrons. The van der Waals surface area contributed by atoms with Crippen molar-refractivity contribution in [3.8, 4) is 0 Å². The molecule has 1 aliphatic rings. The highest BCUT2D eigenvalue weighted by atomic mass is 19.1. The molecule has 18 heavy (non-hydrogen) atoms. The van der Waals surface area contributed by atoms with Crippen LogP contribution >= 0.6 is 0 Å². The van der Waals surface area contributed by atoms with Crippen LogP contribution in [-0.4, -0.2) is 13.4 Å². The molecule has 0 aromatic heterocycles. The van der Waals surface area contributed by atoms with E-state index in [-0.39, 0.29) is 17.7 Å². The molecule has 1 aromatic rings. The molecule has 1 saturated carbocycles. The molecule has 0 heterocycles. The number of rotatable bonds is 4. The summed E-state index contributed by atoms with van der Waals surface area (Å²) in [5.41, 5.74) is 1.65. The van der Waals surface area contributed by atoms with Crippen molar-refractivity contribution in [2.24, 2.45) is 5.92 Å². The highest BCUT2D eigenvalue weighted by Gasteiger charge is 2.23. The van der Waals surface area contributed by atoms with Crippen LogP contribution in [0.4, 0.5) is 4.39 Å². The minimum absolute atomic E-state index is 0.140. The average molecular weight is 250 g/mol. The van der Waals surface area contributed by atoms with Gasteiger partial charge in [-0.3, -0.25) is 0 Å². The molecule has 0 radical (unpaired) electrons. The van der Waals surface area contributed by atoms with Crippen molar-refractivity contribution in [3.63, 3.8) is 0 Å². The Labute approximate surface area is 107 Å². The van der Waals surface area contributed by atoms with Crippen LogP contribution < -0.4 is 0 Å². The highest BCUT2D eigenvalue weighted by molar-refractivity contribution is 5.53. The van der Waals surface area contributed by atoms with Gasteiger partial charge in [0.1, 0.15) is 12.1 Å². The van der Waals surface area contributed by atoms with Gasteiger partial charge in [0.2, 0.25) is 0 Å². The van der Waals surface area contributed by atoms with Gasteiger partial charge in [-0.25, -0.2) is 4.39 Å². The molecule has 0 atom stereocenters. The predicted molar refractivity (Wildman–Crippen MR) is 67.9 cm³/mol. The van der Waals surface area contributed by atoms with E-state index < -0.39 is 0 Å². The Morgan fingerprint density at radius 3 is 2.61 bits per heavy atom. The zero-order valence-electron chi connectivity index (χ0n) is 10.7. The second-order valence-electron chi connectivity index (χ2n) is 5.04. The summed E-state index contributed by atoms with van der Waals surface area (Å²) < 4.78 is 19.0. The minimum atomic E-state index is -0.140. The maximum atomic E-state index is 14.0.